The molecular weight excluding hydrogens is 278 g/mol. The highest BCUT2D eigenvalue weighted by atomic mass is 32.2. The molecule has 1 aromatic heterocycles. The zero-order valence-corrected chi connectivity index (χ0v) is 13.6. The highest BCUT2D eigenvalue weighted by Crippen LogP contribution is 2.35. The van der Waals surface area contributed by atoms with E-state index in [-0.39, 0.29) is 0 Å². The molecule has 21 heavy (non-hydrogen) atoms. The van der Waals surface area contributed by atoms with E-state index in [9.17, 15) is 0 Å². The molecule has 3 nitrogen and oxygen atoms in total. The number of hydrogen-bond donors (Lipinski definition) is 1. The standard InChI is InChI=1S/C17H23N3S/c1-3-14(11-21-2)20-12-18-10-16(20)15-8-4-6-13-7-5-9-19-17(13)15/h4,6,8,10,12,14,19H,3,5,7,9,11H2,1-2H3. The first kappa shape index (κ1) is 14.5. The number of para-hydroxylation sites is 1. The number of nitrogens with zero attached hydrogens (tertiary/aromatic N) is 2. The van der Waals surface area contributed by atoms with E-state index in [4.69, 9.17) is 0 Å². The van der Waals surface area contributed by atoms with Crippen LogP contribution in [-0.2, 0) is 6.42 Å². The van der Waals surface area contributed by atoms with Crippen LogP contribution >= 0.6 is 11.8 Å². The van der Waals surface area contributed by atoms with Crippen molar-refractivity contribution in [2.24, 2.45) is 0 Å². The van der Waals surface area contributed by atoms with Crippen molar-refractivity contribution in [2.45, 2.75) is 32.2 Å². The Labute approximate surface area is 131 Å². The fourth-order valence-electron chi connectivity index (χ4n) is 3.11. The van der Waals surface area contributed by atoms with Crippen LogP contribution in [0.25, 0.3) is 11.3 Å². The lowest BCUT2D eigenvalue weighted by atomic mass is 9.98. The summed E-state index contributed by atoms with van der Waals surface area (Å²) < 4.78 is 2.35. The van der Waals surface area contributed by atoms with E-state index in [1.165, 1.54) is 35.3 Å². The topological polar surface area (TPSA) is 29.9 Å². The van der Waals surface area contributed by atoms with Crippen LogP contribution in [0.5, 0.6) is 0 Å². The largest absolute Gasteiger partial charge is 0.384 e. The van der Waals surface area contributed by atoms with Gasteiger partial charge in [-0.2, -0.15) is 11.8 Å². The van der Waals surface area contributed by atoms with Gasteiger partial charge in [0.25, 0.3) is 0 Å². The van der Waals surface area contributed by atoms with E-state index in [0.717, 1.165) is 18.7 Å². The molecule has 112 valence electrons. The molecule has 1 aliphatic rings. The molecule has 1 aliphatic heterocycles. The predicted molar refractivity (Wildman–Crippen MR) is 92.2 cm³/mol. The van der Waals surface area contributed by atoms with Crippen LogP contribution in [0.15, 0.2) is 30.7 Å². The van der Waals surface area contributed by atoms with Crippen molar-refractivity contribution in [1.29, 1.82) is 0 Å². The number of fused-ring (bicyclic) bond motifs is 1. The first-order valence-corrected chi connectivity index (χ1v) is 9.11. The molecular formula is C17H23N3S. The molecule has 0 fully saturated rings. The summed E-state index contributed by atoms with van der Waals surface area (Å²) in [6.07, 6.45) is 9.70. The lowest BCUT2D eigenvalue weighted by Crippen LogP contribution is -2.15. The fourth-order valence-corrected chi connectivity index (χ4v) is 3.90. The van der Waals surface area contributed by atoms with Gasteiger partial charge in [-0.15, -0.1) is 0 Å². The molecule has 0 spiro atoms. The zero-order valence-electron chi connectivity index (χ0n) is 12.8. The number of anilines is 1. The van der Waals surface area contributed by atoms with Gasteiger partial charge in [-0.3, -0.25) is 0 Å². The van der Waals surface area contributed by atoms with Gasteiger partial charge < -0.3 is 9.88 Å². The minimum absolute atomic E-state index is 0.511. The van der Waals surface area contributed by atoms with Crippen LogP contribution in [0.3, 0.4) is 0 Å². The fraction of sp³-hybridized carbons (Fsp3) is 0.471. The monoisotopic (exact) mass is 301 g/mol. The molecule has 2 aromatic rings. The molecule has 0 amide bonds. The second-order valence-corrected chi connectivity index (χ2v) is 6.48. The summed E-state index contributed by atoms with van der Waals surface area (Å²) in [5.41, 5.74) is 5.28. The van der Waals surface area contributed by atoms with Crippen LogP contribution in [0.2, 0.25) is 0 Å². The van der Waals surface area contributed by atoms with E-state index < -0.39 is 0 Å². The van der Waals surface area contributed by atoms with Gasteiger partial charge in [-0.1, -0.05) is 25.1 Å². The smallest absolute Gasteiger partial charge is 0.0953 e. The van der Waals surface area contributed by atoms with Crippen molar-refractivity contribution in [3.8, 4) is 11.3 Å². The van der Waals surface area contributed by atoms with Crippen LogP contribution in [0.4, 0.5) is 5.69 Å². The lowest BCUT2D eigenvalue weighted by Gasteiger charge is -2.24. The quantitative estimate of drug-likeness (QED) is 0.896. The summed E-state index contributed by atoms with van der Waals surface area (Å²) in [6.45, 7) is 3.32. The molecule has 0 bridgehead atoms. The number of aromatic nitrogens is 2. The summed E-state index contributed by atoms with van der Waals surface area (Å²) in [7, 11) is 0. The Morgan fingerprint density at radius 1 is 1.43 bits per heavy atom. The highest BCUT2D eigenvalue weighted by Gasteiger charge is 2.18. The van der Waals surface area contributed by atoms with Crippen molar-refractivity contribution in [1.82, 2.24) is 9.55 Å². The van der Waals surface area contributed by atoms with Crippen molar-refractivity contribution in [3.05, 3.63) is 36.3 Å². The molecule has 1 unspecified atom stereocenters. The van der Waals surface area contributed by atoms with Gasteiger partial charge in [0.2, 0.25) is 0 Å². The molecule has 0 saturated heterocycles. The first-order valence-electron chi connectivity index (χ1n) is 7.72. The maximum absolute atomic E-state index is 4.42. The highest BCUT2D eigenvalue weighted by molar-refractivity contribution is 7.98. The molecule has 0 radical (unpaired) electrons. The van der Waals surface area contributed by atoms with Gasteiger partial charge in [-0.25, -0.2) is 4.98 Å². The Morgan fingerprint density at radius 2 is 2.33 bits per heavy atom. The van der Waals surface area contributed by atoms with E-state index in [2.05, 4.69) is 46.2 Å². The molecule has 0 aliphatic carbocycles. The van der Waals surface area contributed by atoms with Crippen LogP contribution in [0.1, 0.15) is 31.4 Å². The minimum atomic E-state index is 0.511. The number of rotatable bonds is 5. The van der Waals surface area contributed by atoms with Crippen molar-refractivity contribution in [3.63, 3.8) is 0 Å². The van der Waals surface area contributed by atoms with Gasteiger partial charge >= 0.3 is 0 Å². The molecule has 4 heteroatoms. The lowest BCUT2D eigenvalue weighted by molar-refractivity contribution is 0.544. The van der Waals surface area contributed by atoms with Gasteiger partial charge in [0, 0.05) is 29.6 Å². The third-order valence-electron chi connectivity index (χ3n) is 4.24. The number of imidazole rings is 1. The molecule has 0 saturated carbocycles. The third kappa shape index (κ3) is 2.82. The Kier molecular flexibility index (Phi) is 4.54. The number of thioether (sulfide) groups is 1. The number of nitrogens with one attached hydrogen (secondary N) is 1. The van der Waals surface area contributed by atoms with Crippen molar-refractivity contribution >= 4 is 17.4 Å². The number of aryl methyl sites for hydroxylation is 1. The van der Waals surface area contributed by atoms with Crippen LogP contribution in [0, 0.1) is 0 Å². The Bertz CT molecular complexity index is 606. The second-order valence-electron chi connectivity index (χ2n) is 5.57. The van der Waals surface area contributed by atoms with Crippen molar-refractivity contribution < 1.29 is 0 Å². The predicted octanol–water partition coefficient (Wildman–Crippen LogP) is 4.22. The first-order chi connectivity index (χ1) is 10.3. The molecule has 1 atom stereocenters. The molecule has 1 N–H and O–H groups in total. The number of hydrogen-bond acceptors (Lipinski definition) is 3. The average molecular weight is 301 g/mol. The summed E-state index contributed by atoms with van der Waals surface area (Å²) in [5, 5.41) is 3.59. The third-order valence-corrected chi connectivity index (χ3v) is 4.96. The Balaban J connectivity index is 2.04. The summed E-state index contributed by atoms with van der Waals surface area (Å²) in [6, 6.07) is 7.15. The van der Waals surface area contributed by atoms with Gasteiger partial charge in [0.1, 0.15) is 0 Å². The van der Waals surface area contributed by atoms with Gasteiger partial charge in [-0.05, 0) is 31.1 Å². The van der Waals surface area contributed by atoms with E-state index in [1.54, 1.807) is 0 Å². The van der Waals surface area contributed by atoms with Gasteiger partial charge in [0.15, 0.2) is 0 Å². The second kappa shape index (κ2) is 6.56. The molecule has 1 aromatic carbocycles. The minimum Gasteiger partial charge on any atom is -0.384 e. The van der Waals surface area contributed by atoms with Gasteiger partial charge in [0.05, 0.1) is 18.2 Å². The maximum atomic E-state index is 4.42. The Morgan fingerprint density at radius 3 is 3.14 bits per heavy atom. The maximum Gasteiger partial charge on any atom is 0.0953 e. The van der Waals surface area contributed by atoms with Crippen LogP contribution in [-0.4, -0.2) is 28.1 Å². The van der Waals surface area contributed by atoms with E-state index >= 15 is 0 Å². The Hall–Kier alpha value is -1.42. The average Bonchev–Trinajstić information content (AvgIpc) is 3.01. The normalized spacial score (nSPS) is 15.3. The number of benzene rings is 1. The summed E-state index contributed by atoms with van der Waals surface area (Å²) in [5.74, 6) is 1.13. The van der Waals surface area contributed by atoms with E-state index in [0.29, 0.717) is 6.04 Å². The molecule has 3 rings (SSSR count). The summed E-state index contributed by atoms with van der Waals surface area (Å²) >= 11 is 1.90. The summed E-state index contributed by atoms with van der Waals surface area (Å²) in [4.78, 5) is 4.42. The SMILES string of the molecule is CCC(CSC)n1cncc1-c1cccc2c1NCCC2. The molecule has 2 heterocycles. The van der Waals surface area contributed by atoms with E-state index in [1.807, 2.05) is 24.3 Å². The van der Waals surface area contributed by atoms with Crippen LogP contribution < -0.4 is 5.32 Å². The van der Waals surface area contributed by atoms with Crippen molar-refractivity contribution in [2.75, 3.05) is 23.9 Å². The zero-order chi connectivity index (χ0) is 14.7.